The first-order chi connectivity index (χ1) is 25.0. The smallest absolute Gasteiger partial charge is 0.162 e. The molecule has 3 heterocycles. The van der Waals surface area contributed by atoms with Crippen molar-refractivity contribution in [1.29, 1.82) is 0 Å². The summed E-state index contributed by atoms with van der Waals surface area (Å²) >= 11 is 0. The molecular formula is C46H43IrN2O3-. The number of carbonyl (C=O) groups excluding carboxylic acids is 1. The van der Waals surface area contributed by atoms with Crippen LogP contribution in [0.15, 0.2) is 132 Å². The van der Waals surface area contributed by atoms with Gasteiger partial charge in [-0.25, -0.2) is 0 Å². The summed E-state index contributed by atoms with van der Waals surface area (Å²) in [6.45, 7) is 8.07. The third kappa shape index (κ3) is 6.81. The fourth-order valence-electron chi connectivity index (χ4n) is 7.27. The molecule has 0 amide bonds. The quantitative estimate of drug-likeness (QED) is 0.0892. The summed E-state index contributed by atoms with van der Waals surface area (Å²) in [4.78, 5) is 17.0. The molecule has 1 radical (unpaired) electrons. The van der Waals surface area contributed by atoms with Crippen LogP contribution < -0.4 is 0 Å². The summed E-state index contributed by atoms with van der Waals surface area (Å²) in [6.07, 6.45) is 4.91. The van der Waals surface area contributed by atoms with Gasteiger partial charge in [0.1, 0.15) is 5.58 Å². The topological polar surface area (TPSA) is 68.3 Å². The standard InChI is InChI=1S/C33H19N2O.C13H24O2.Ir/c1-2-11-22(12-3-1)35-28-16-8-6-14-24(28)32-29(35)19-18-27(34-32)26-20-21-10-4-5-13-23(21)31-25-15-7-9-17-30(25)36-33(26)31;1-5-10(6-2)12(14)9-13(15)11(7-3)8-4;/h1-19H;9-11,14H,5-8H2,1-4H3;/q-1;;/b;12-9-;. The fraction of sp³-hybridized carbons (Fsp3) is 0.217. The number of benzene rings is 5. The van der Waals surface area contributed by atoms with Crippen LogP contribution in [-0.2, 0) is 24.9 Å². The zero-order valence-corrected chi connectivity index (χ0v) is 32.4. The minimum absolute atomic E-state index is 0. The molecule has 0 saturated carbocycles. The summed E-state index contributed by atoms with van der Waals surface area (Å²) in [5.74, 6) is 0.547. The van der Waals surface area contributed by atoms with E-state index in [0.717, 1.165) is 97.3 Å². The Hall–Kier alpha value is -5.03. The van der Waals surface area contributed by atoms with Crippen LogP contribution in [0.2, 0.25) is 0 Å². The molecule has 0 atom stereocenters. The third-order valence-corrected chi connectivity index (χ3v) is 10.1. The van der Waals surface area contributed by atoms with Crippen molar-refractivity contribution in [2.45, 2.75) is 53.4 Å². The summed E-state index contributed by atoms with van der Waals surface area (Å²) in [5, 5.41) is 15.3. The van der Waals surface area contributed by atoms with Gasteiger partial charge in [-0.3, -0.25) is 9.78 Å². The van der Waals surface area contributed by atoms with E-state index in [2.05, 4.69) is 108 Å². The van der Waals surface area contributed by atoms with Crippen molar-refractivity contribution >= 4 is 60.4 Å². The first-order valence-electron chi connectivity index (χ1n) is 18.1. The van der Waals surface area contributed by atoms with E-state index in [9.17, 15) is 9.90 Å². The molecule has 5 nitrogen and oxygen atoms in total. The Morgan fingerprint density at radius 3 is 2.06 bits per heavy atom. The number of hydrogen-bond acceptors (Lipinski definition) is 4. The predicted octanol–water partition coefficient (Wildman–Crippen LogP) is 12.6. The number of aliphatic hydroxyl groups is 1. The van der Waals surface area contributed by atoms with Gasteiger partial charge >= 0.3 is 0 Å². The molecule has 0 aliphatic rings. The van der Waals surface area contributed by atoms with E-state index in [1.165, 1.54) is 6.08 Å². The molecule has 265 valence electrons. The Kier molecular flexibility index (Phi) is 11.4. The van der Waals surface area contributed by atoms with Crippen molar-refractivity contribution in [3.63, 3.8) is 0 Å². The van der Waals surface area contributed by atoms with Crippen molar-refractivity contribution in [2.75, 3.05) is 0 Å². The van der Waals surface area contributed by atoms with Crippen LogP contribution >= 0.6 is 0 Å². The maximum absolute atomic E-state index is 11.7. The predicted molar refractivity (Wildman–Crippen MR) is 211 cm³/mol. The van der Waals surface area contributed by atoms with Gasteiger partial charge in [-0.05, 0) is 61.4 Å². The van der Waals surface area contributed by atoms with Gasteiger partial charge in [0.05, 0.1) is 27.9 Å². The SMILES string of the molecule is CCC(CC)C(=O)/C=C(\O)C(CC)CC.[Ir].[c-]1c(-c2ccc3c(n2)c2ccccc2n3-c2ccccc2)c2oc3ccccc3c2c2ccccc12. The number of furan rings is 1. The number of hydrogen-bond donors (Lipinski definition) is 1. The van der Waals surface area contributed by atoms with Gasteiger partial charge in [0.15, 0.2) is 5.78 Å². The van der Waals surface area contributed by atoms with Gasteiger partial charge in [-0.15, -0.1) is 17.5 Å². The molecular weight excluding hydrogens is 821 g/mol. The second-order valence-electron chi connectivity index (χ2n) is 13.1. The van der Waals surface area contributed by atoms with Gasteiger partial charge in [-0.1, -0.05) is 118 Å². The number of pyridine rings is 1. The second kappa shape index (κ2) is 16.1. The Balaban J connectivity index is 0.000000250. The van der Waals surface area contributed by atoms with Crippen LogP contribution in [0.4, 0.5) is 0 Å². The van der Waals surface area contributed by atoms with Crippen molar-refractivity contribution in [2.24, 2.45) is 11.8 Å². The first-order valence-corrected chi connectivity index (χ1v) is 18.1. The molecule has 0 aliphatic heterocycles. The molecule has 0 bridgehead atoms. The summed E-state index contributed by atoms with van der Waals surface area (Å²) < 4.78 is 8.72. The van der Waals surface area contributed by atoms with Crippen LogP contribution in [0, 0.1) is 17.9 Å². The summed E-state index contributed by atoms with van der Waals surface area (Å²) in [6, 6.07) is 43.4. The van der Waals surface area contributed by atoms with Gasteiger partial charge in [0, 0.05) is 60.2 Å². The first kappa shape index (κ1) is 36.7. The van der Waals surface area contributed by atoms with E-state index in [1.807, 2.05) is 45.9 Å². The normalized spacial score (nSPS) is 11.8. The number of allylic oxidation sites excluding steroid dienone is 2. The molecule has 0 saturated heterocycles. The number of para-hydroxylation sites is 3. The van der Waals surface area contributed by atoms with E-state index < -0.39 is 0 Å². The molecule has 1 N–H and O–H groups in total. The van der Waals surface area contributed by atoms with E-state index in [-0.39, 0.29) is 43.5 Å². The van der Waals surface area contributed by atoms with E-state index in [1.54, 1.807) is 0 Å². The number of aliphatic hydroxyl groups excluding tert-OH is 1. The van der Waals surface area contributed by atoms with E-state index in [0.29, 0.717) is 0 Å². The van der Waals surface area contributed by atoms with Crippen molar-refractivity contribution in [3.05, 3.63) is 133 Å². The average Bonchev–Trinajstić information content (AvgIpc) is 3.72. The minimum atomic E-state index is 0. The van der Waals surface area contributed by atoms with Crippen LogP contribution in [0.3, 0.4) is 0 Å². The number of ketones is 1. The van der Waals surface area contributed by atoms with Crippen LogP contribution in [0.5, 0.6) is 0 Å². The van der Waals surface area contributed by atoms with Crippen molar-refractivity contribution < 1.29 is 34.4 Å². The van der Waals surface area contributed by atoms with Crippen LogP contribution in [0.25, 0.3) is 71.6 Å². The molecule has 5 aromatic carbocycles. The van der Waals surface area contributed by atoms with Crippen molar-refractivity contribution in [3.8, 4) is 16.9 Å². The Labute approximate surface area is 318 Å². The summed E-state index contributed by atoms with van der Waals surface area (Å²) in [5.41, 5.74) is 7.75. The molecule has 8 aromatic rings. The largest absolute Gasteiger partial charge is 0.512 e. The second-order valence-corrected chi connectivity index (χ2v) is 13.1. The Bertz CT molecular complexity index is 2520. The van der Waals surface area contributed by atoms with Crippen LogP contribution in [-0.4, -0.2) is 20.4 Å². The summed E-state index contributed by atoms with van der Waals surface area (Å²) in [7, 11) is 0. The zero-order chi connectivity index (χ0) is 35.5. The molecule has 0 spiro atoms. The number of fused-ring (bicyclic) bond motifs is 8. The monoisotopic (exact) mass is 864 g/mol. The number of rotatable bonds is 9. The van der Waals surface area contributed by atoms with Gasteiger partial charge < -0.3 is 14.1 Å². The molecule has 8 rings (SSSR count). The molecule has 0 fully saturated rings. The van der Waals surface area contributed by atoms with Gasteiger partial charge in [-0.2, -0.15) is 0 Å². The molecule has 6 heteroatoms. The maximum Gasteiger partial charge on any atom is 0.162 e. The average molecular weight is 864 g/mol. The van der Waals surface area contributed by atoms with Gasteiger partial charge in [0.2, 0.25) is 0 Å². The van der Waals surface area contributed by atoms with E-state index >= 15 is 0 Å². The Morgan fingerprint density at radius 1 is 0.731 bits per heavy atom. The van der Waals surface area contributed by atoms with Crippen LogP contribution in [0.1, 0.15) is 53.4 Å². The number of nitrogens with zero attached hydrogens (tertiary/aromatic N) is 2. The molecule has 3 aromatic heterocycles. The van der Waals surface area contributed by atoms with Crippen molar-refractivity contribution in [1.82, 2.24) is 9.55 Å². The molecule has 0 unspecified atom stereocenters. The fourth-order valence-corrected chi connectivity index (χ4v) is 7.27. The van der Waals surface area contributed by atoms with E-state index in [4.69, 9.17) is 9.40 Å². The maximum atomic E-state index is 11.7. The Morgan fingerprint density at radius 2 is 1.35 bits per heavy atom. The molecule has 0 aliphatic carbocycles. The van der Waals surface area contributed by atoms with Gasteiger partial charge in [0.25, 0.3) is 0 Å². The zero-order valence-electron chi connectivity index (χ0n) is 30.0. The number of carbonyl (C=O) groups is 1. The third-order valence-electron chi connectivity index (χ3n) is 10.1. The molecule has 52 heavy (non-hydrogen) atoms. The number of aromatic nitrogens is 2. The minimum Gasteiger partial charge on any atom is -0.512 e.